The third-order valence-electron chi connectivity index (χ3n) is 2.33. The Morgan fingerprint density at radius 2 is 2.00 bits per heavy atom. The van der Waals surface area contributed by atoms with Crippen LogP contribution in [0.1, 0.15) is 38.0 Å². The second-order valence-electron chi connectivity index (χ2n) is 4.54. The van der Waals surface area contributed by atoms with Gasteiger partial charge in [-0.25, -0.2) is 4.79 Å². The van der Waals surface area contributed by atoms with Crippen molar-refractivity contribution in [1.82, 2.24) is 0 Å². The predicted molar refractivity (Wildman–Crippen MR) is 68.5 cm³/mol. The molecular formula is C14H20O4. The average Bonchev–Trinajstić information content (AvgIpc) is 2.26. The molecule has 1 aromatic carbocycles. The summed E-state index contributed by atoms with van der Waals surface area (Å²) in [6.45, 7) is 7.01. The molecule has 0 bridgehead atoms. The number of aliphatic hydroxyl groups is 1. The molecule has 0 amide bonds. The smallest absolute Gasteiger partial charge is 0.344 e. The highest BCUT2D eigenvalue weighted by Gasteiger charge is 2.12. The van der Waals surface area contributed by atoms with Gasteiger partial charge in [-0.2, -0.15) is 0 Å². The van der Waals surface area contributed by atoms with E-state index in [2.05, 4.69) is 0 Å². The maximum atomic E-state index is 11.4. The molecular weight excluding hydrogens is 232 g/mol. The number of esters is 1. The lowest BCUT2D eigenvalue weighted by Gasteiger charge is -2.14. The Hall–Kier alpha value is -1.55. The van der Waals surface area contributed by atoms with E-state index in [9.17, 15) is 9.90 Å². The quantitative estimate of drug-likeness (QED) is 0.817. The van der Waals surface area contributed by atoms with Gasteiger partial charge in [0.15, 0.2) is 6.61 Å². The summed E-state index contributed by atoms with van der Waals surface area (Å²) >= 11 is 0. The Morgan fingerprint density at radius 1 is 1.33 bits per heavy atom. The van der Waals surface area contributed by atoms with Gasteiger partial charge < -0.3 is 14.6 Å². The molecule has 0 aromatic heterocycles. The Balaban J connectivity index is 2.70. The minimum absolute atomic E-state index is 0.152. The topological polar surface area (TPSA) is 55.8 Å². The molecule has 0 fully saturated rings. The highest BCUT2D eigenvalue weighted by Crippen LogP contribution is 2.26. The van der Waals surface area contributed by atoms with Gasteiger partial charge in [0.1, 0.15) is 5.75 Å². The van der Waals surface area contributed by atoms with Crippen molar-refractivity contribution in [3.05, 3.63) is 29.3 Å². The van der Waals surface area contributed by atoms with Crippen LogP contribution in [0.25, 0.3) is 0 Å². The number of ether oxygens (including phenoxy) is 2. The van der Waals surface area contributed by atoms with Crippen molar-refractivity contribution in [1.29, 1.82) is 0 Å². The lowest BCUT2D eigenvalue weighted by Crippen LogP contribution is -2.19. The Morgan fingerprint density at radius 3 is 2.56 bits per heavy atom. The van der Waals surface area contributed by atoms with Gasteiger partial charge in [0.2, 0.25) is 0 Å². The molecule has 0 saturated carbocycles. The van der Waals surface area contributed by atoms with Crippen LogP contribution in [-0.2, 0) is 9.53 Å². The van der Waals surface area contributed by atoms with Crippen molar-refractivity contribution < 1.29 is 19.4 Å². The van der Waals surface area contributed by atoms with Crippen molar-refractivity contribution in [3.8, 4) is 5.75 Å². The second kappa shape index (κ2) is 6.40. The molecule has 100 valence electrons. The van der Waals surface area contributed by atoms with Crippen LogP contribution < -0.4 is 4.74 Å². The molecule has 1 rings (SSSR count). The molecule has 0 aliphatic rings. The molecule has 0 spiro atoms. The van der Waals surface area contributed by atoms with Gasteiger partial charge in [0, 0.05) is 5.56 Å². The first-order valence-corrected chi connectivity index (χ1v) is 6.01. The number of hydrogen-bond acceptors (Lipinski definition) is 4. The molecule has 4 heteroatoms. The van der Waals surface area contributed by atoms with E-state index in [0.29, 0.717) is 11.3 Å². The van der Waals surface area contributed by atoms with Gasteiger partial charge in [-0.05, 0) is 39.8 Å². The van der Waals surface area contributed by atoms with Crippen LogP contribution in [-0.4, -0.2) is 23.8 Å². The van der Waals surface area contributed by atoms with Crippen LogP contribution in [0.15, 0.2) is 18.2 Å². The maximum absolute atomic E-state index is 11.4. The van der Waals surface area contributed by atoms with Crippen molar-refractivity contribution in [2.45, 2.75) is 39.9 Å². The van der Waals surface area contributed by atoms with E-state index in [0.717, 1.165) is 5.56 Å². The van der Waals surface area contributed by atoms with Crippen LogP contribution in [0.2, 0.25) is 0 Å². The van der Waals surface area contributed by atoms with E-state index in [1.807, 2.05) is 19.1 Å². The van der Waals surface area contributed by atoms with Crippen LogP contribution in [0.4, 0.5) is 0 Å². The summed E-state index contributed by atoms with van der Waals surface area (Å²) in [6, 6.07) is 5.46. The first kappa shape index (κ1) is 14.5. The number of benzene rings is 1. The van der Waals surface area contributed by atoms with E-state index < -0.39 is 12.1 Å². The highest BCUT2D eigenvalue weighted by molar-refractivity contribution is 5.71. The molecule has 1 atom stereocenters. The van der Waals surface area contributed by atoms with Crippen LogP contribution >= 0.6 is 0 Å². The molecule has 1 unspecified atom stereocenters. The molecule has 0 radical (unpaired) electrons. The van der Waals surface area contributed by atoms with E-state index in [1.54, 1.807) is 26.8 Å². The molecule has 18 heavy (non-hydrogen) atoms. The molecule has 0 heterocycles. The second-order valence-corrected chi connectivity index (χ2v) is 4.54. The highest BCUT2D eigenvalue weighted by atomic mass is 16.6. The van der Waals surface area contributed by atoms with Gasteiger partial charge in [-0.3, -0.25) is 0 Å². The lowest BCUT2D eigenvalue weighted by molar-refractivity contribution is -0.149. The molecule has 0 aliphatic carbocycles. The summed E-state index contributed by atoms with van der Waals surface area (Å²) in [4.78, 5) is 11.4. The number of carbonyl (C=O) groups excluding carboxylic acids is 1. The minimum atomic E-state index is -0.638. The minimum Gasteiger partial charge on any atom is -0.482 e. The van der Waals surface area contributed by atoms with E-state index in [4.69, 9.17) is 9.47 Å². The van der Waals surface area contributed by atoms with Gasteiger partial charge in [-0.15, -0.1) is 0 Å². The van der Waals surface area contributed by atoms with Crippen molar-refractivity contribution in [3.63, 3.8) is 0 Å². The van der Waals surface area contributed by atoms with Gasteiger partial charge in [0.05, 0.1) is 12.2 Å². The standard InChI is InChI=1S/C14H20O4/c1-9(2)18-14(16)8-17-13-6-5-10(3)7-12(13)11(4)15/h5-7,9,11,15H,8H2,1-4H3. The molecule has 4 nitrogen and oxygen atoms in total. The summed E-state index contributed by atoms with van der Waals surface area (Å²) in [5.41, 5.74) is 1.70. The van der Waals surface area contributed by atoms with Gasteiger partial charge >= 0.3 is 5.97 Å². The van der Waals surface area contributed by atoms with Crippen molar-refractivity contribution in [2.75, 3.05) is 6.61 Å². The van der Waals surface area contributed by atoms with Crippen molar-refractivity contribution in [2.24, 2.45) is 0 Å². The first-order valence-electron chi connectivity index (χ1n) is 6.01. The zero-order valence-electron chi connectivity index (χ0n) is 11.3. The summed E-state index contributed by atoms with van der Waals surface area (Å²) in [5, 5.41) is 9.64. The fourth-order valence-corrected chi connectivity index (χ4v) is 1.56. The summed E-state index contributed by atoms with van der Waals surface area (Å²) < 4.78 is 10.4. The third kappa shape index (κ3) is 4.37. The predicted octanol–water partition coefficient (Wildman–Crippen LogP) is 2.38. The Labute approximate surface area is 108 Å². The molecule has 1 N–H and O–H groups in total. The SMILES string of the molecule is Cc1ccc(OCC(=O)OC(C)C)c(C(C)O)c1. The van der Waals surface area contributed by atoms with Gasteiger partial charge in [0.25, 0.3) is 0 Å². The fraction of sp³-hybridized carbons (Fsp3) is 0.500. The van der Waals surface area contributed by atoms with Crippen LogP contribution in [0, 0.1) is 6.92 Å². The Kier molecular flexibility index (Phi) is 5.16. The third-order valence-corrected chi connectivity index (χ3v) is 2.33. The number of aryl methyl sites for hydroxylation is 1. The van der Waals surface area contributed by atoms with Crippen molar-refractivity contribution >= 4 is 5.97 Å². The number of rotatable bonds is 5. The monoisotopic (exact) mass is 252 g/mol. The lowest BCUT2D eigenvalue weighted by atomic mass is 10.1. The Bertz CT molecular complexity index is 410. The first-order chi connectivity index (χ1) is 8.40. The van der Waals surface area contributed by atoms with E-state index in [-0.39, 0.29) is 12.7 Å². The number of carbonyl (C=O) groups is 1. The fourth-order valence-electron chi connectivity index (χ4n) is 1.56. The van der Waals surface area contributed by atoms with Crippen LogP contribution in [0.5, 0.6) is 5.75 Å². The average molecular weight is 252 g/mol. The summed E-state index contributed by atoms with van der Waals surface area (Å²) in [6.07, 6.45) is -0.795. The molecule has 1 aromatic rings. The summed E-state index contributed by atoms with van der Waals surface area (Å²) in [5.74, 6) is 0.0958. The molecule has 0 aliphatic heterocycles. The maximum Gasteiger partial charge on any atom is 0.344 e. The zero-order chi connectivity index (χ0) is 13.7. The largest absolute Gasteiger partial charge is 0.482 e. The van der Waals surface area contributed by atoms with Crippen LogP contribution in [0.3, 0.4) is 0 Å². The van der Waals surface area contributed by atoms with E-state index >= 15 is 0 Å². The normalized spacial score (nSPS) is 12.3. The number of hydrogen-bond donors (Lipinski definition) is 1. The number of aliphatic hydroxyl groups excluding tert-OH is 1. The summed E-state index contributed by atoms with van der Waals surface area (Å²) in [7, 11) is 0. The van der Waals surface area contributed by atoms with E-state index in [1.165, 1.54) is 0 Å². The zero-order valence-corrected chi connectivity index (χ0v) is 11.3. The molecule has 0 saturated heterocycles. The van der Waals surface area contributed by atoms with Gasteiger partial charge in [-0.1, -0.05) is 11.6 Å².